The SMILES string of the molecule is C[C@@H]1COCCN1c1nc(Cl)nc(N2CCOC[C@H]2C)n1. The number of ether oxygens (including phenoxy) is 2. The normalized spacial score (nSPS) is 27.0. The van der Waals surface area contributed by atoms with Gasteiger partial charge in [0.2, 0.25) is 17.2 Å². The van der Waals surface area contributed by atoms with E-state index in [0.717, 1.165) is 13.1 Å². The van der Waals surface area contributed by atoms with Crippen LogP contribution in [0.15, 0.2) is 0 Å². The van der Waals surface area contributed by atoms with Crippen LogP contribution in [-0.2, 0) is 9.47 Å². The van der Waals surface area contributed by atoms with Crippen molar-refractivity contribution in [2.75, 3.05) is 49.3 Å². The van der Waals surface area contributed by atoms with E-state index < -0.39 is 0 Å². The van der Waals surface area contributed by atoms with Gasteiger partial charge in [-0.1, -0.05) is 0 Å². The van der Waals surface area contributed by atoms with Crippen LogP contribution in [0.3, 0.4) is 0 Å². The first kappa shape index (κ1) is 14.7. The zero-order chi connectivity index (χ0) is 14.8. The van der Waals surface area contributed by atoms with Gasteiger partial charge in [0.25, 0.3) is 0 Å². The van der Waals surface area contributed by atoms with Crippen LogP contribution in [-0.4, -0.2) is 66.6 Å². The van der Waals surface area contributed by atoms with Crippen molar-refractivity contribution in [3.8, 4) is 0 Å². The molecule has 0 amide bonds. The topological polar surface area (TPSA) is 63.6 Å². The van der Waals surface area contributed by atoms with Gasteiger partial charge in [-0.3, -0.25) is 0 Å². The molecule has 21 heavy (non-hydrogen) atoms. The molecule has 0 saturated carbocycles. The summed E-state index contributed by atoms with van der Waals surface area (Å²) in [5.74, 6) is 1.25. The lowest BCUT2D eigenvalue weighted by atomic mass is 10.2. The van der Waals surface area contributed by atoms with Gasteiger partial charge in [0.05, 0.1) is 38.5 Å². The third-order valence-electron chi connectivity index (χ3n) is 3.83. The summed E-state index contributed by atoms with van der Waals surface area (Å²) in [5.41, 5.74) is 0. The third-order valence-corrected chi connectivity index (χ3v) is 4.00. The van der Waals surface area contributed by atoms with E-state index in [9.17, 15) is 0 Å². The molecule has 2 saturated heterocycles. The Morgan fingerprint density at radius 2 is 1.38 bits per heavy atom. The Morgan fingerprint density at radius 1 is 0.905 bits per heavy atom. The van der Waals surface area contributed by atoms with E-state index in [1.54, 1.807) is 0 Å². The molecule has 0 unspecified atom stereocenters. The van der Waals surface area contributed by atoms with Crippen molar-refractivity contribution in [2.24, 2.45) is 0 Å². The smallest absolute Gasteiger partial charge is 0.231 e. The molecule has 2 atom stereocenters. The minimum atomic E-state index is 0.229. The van der Waals surface area contributed by atoms with Crippen molar-refractivity contribution in [3.05, 3.63) is 5.28 Å². The quantitative estimate of drug-likeness (QED) is 0.806. The van der Waals surface area contributed by atoms with Crippen LogP contribution in [0.1, 0.15) is 13.8 Å². The van der Waals surface area contributed by atoms with Crippen LogP contribution in [0.5, 0.6) is 0 Å². The average Bonchev–Trinajstić information content (AvgIpc) is 2.47. The monoisotopic (exact) mass is 313 g/mol. The summed E-state index contributed by atoms with van der Waals surface area (Å²) in [6, 6.07) is 0.458. The van der Waals surface area contributed by atoms with Crippen LogP contribution < -0.4 is 9.80 Å². The van der Waals surface area contributed by atoms with Crippen molar-refractivity contribution >= 4 is 23.5 Å². The highest BCUT2D eigenvalue weighted by Crippen LogP contribution is 2.22. The minimum Gasteiger partial charge on any atom is -0.377 e. The summed E-state index contributed by atoms with van der Waals surface area (Å²) in [4.78, 5) is 17.4. The van der Waals surface area contributed by atoms with E-state index in [0.29, 0.717) is 38.3 Å². The summed E-state index contributed by atoms with van der Waals surface area (Å²) in [6.45, 7) is 8.41. The molecule has 1 aromatic rings. The summed E-state index contributed by atoms with van der Waals surface area (Å²) < 4.78 is 10.9. The molecule has 3 rings (SSSR count). The fourth-order valence-electron chi connectivity index (χ4n) is 2.63. The Bertz CT molecular complexity index is 463. The predicted octanol–water partition coefficient (Wildman–Crippen LogP) is 0.975. The summed E-state index contributed by atoms with van der Waals surface area (Å²) in [6.07, 6.45) is 0. The number of rotatable bonds is 2. The molecular formula is C13H20ClN5O2. The summed E-state index contributed by atoms with van der Waals surface area (Å²) in [7, 11) is 0. The number of hydrogen-bond acceptors (Lipinski definition) is 7. The molecular weight excluding hydrogens is 294 g/mol. The van der Waals surface area contributed by atoms with E-state index in [-0.39, 0.29) is 17.4 Å². The van der Waals surface area contributed by atoms with E-state index >= 15 is 0 Å². The highest BCUT2D eigenvalue weighted by atomic mass is 35.5. The van der Waals surface area contributed by atoms with E-state index in [2.05, 4.69) is 38.6 Å². The van der Waals surface area contributed by atoms with Crippen LogP contribution >= 0.6 is 11.6 Å². The molecule has 2 fully saturated rings. The molecule has 8 heteroatoms. The lowest BCUT2D eigenvalue weighted by Crippen LogP contribution is -2.46. The molecule has 0 bridgehead atoms. The van der Waals surface area contributed by atoms with Crippen LogP contribution in [0.4, 0.5) is 11.9 Å². The van der Waals surface area contributed by atoms with Gasteiger partial charge in [0, 0.05) is 13.1 Å². The Balaban J connectivity index is 1.88. The van der Waals surface area contributed by atoms with Gasteiger partial charge in [-0.15, -0.1) is 0 Å². The molecule has 7 nitrogen and oxygen atoms in total. The number of nitrogens with zero attached hydrogens (tertiary/aromatic N) is 5. The van der Waals surface area contributed by atoms with Crippen LogP contribution in [0.2, 0.25) is 5.28 Å². The van der Waals surface area contributed by atoms with E-state index in [4.69, 9.17) is 21.1 Å². The third kappa shape index (κ3) is 3.20. The van der Waals surface area contributed by atoms with Crippen molar-refractivity contribution in [1.29, 1.82) is 0 Å². The standard InChI is InChI=1S/C13H20ClN5O2/c1-9-7-20-5-3-18(9)12-15-11(14)16-13(17-12)19-4-6-21-8-10(19)2/h9-10H,3-8H2,1-2H3/t9-,10-/m1/s1. The van der Waals surface area contributed by atoms with Crippen molar-refractivity contribution in [3.63, 3.8) is 0 Å². The Hall–Kier alpha value is -1.18. The van der Waals surface area contributed by atoms with E-state index in [1.807, 2.05) is 0 Å². The number of anilines is 2. The second-order valence-electron chi connectivity index (χ2n) is 5.44. The molecule has 3 heterocycles. The van der Waals surface area contributed by atoms with Crippen LogP contribution in [0, 0.1) is 0 Å². The van der Waals surface area contributed by atoms with Gasteiger partial charge in [-0.25, -0.2) is 0 Å². The second-order valence-corrected chi connectivity index (χ2v) is 5.78. The minimum absolute atomic E-state index is 0.229. The maximum atomic E-state index is 6.11. The van der Waals surface area contributed by atoms with Gasteiger partial charge in [0.1, 0.15) is 0 Å². The fraction of sp³-hybridized carbons (Fsp3) is 0.769. The largest absolute Gasteiger partial charge is 0.377 e. The van der Waals surface area contributed by atoms with Crippen molar-refractivity contribution < 1.29 is 9.47 Å². The Kier molecular flexibility index (Phi) is 4.42. The molecule has 2 aliphatic rings. The highest BCUT2D eigenvalue weighted by Gasteiger charge is 2.26. The molecule has 1 aromatic heterocycles. The molecule has 0 radical (unpaired) electrons. The number of aromatic nitrogens is 3. The first-order chi connectivity index (χ1) is 10.1. The lowest BCUT2D eigenvalue weighted by Gasteiger charge is -2.35. The first-order valence-electron chi connectivity index (χ1n) is 7.25. The zero-order valence-electron chi connectivity index (χ0n) is 12.3. The predicted molar refractivity (Wildman–Crippen MR) is 80.1 cm³/mol. The highest BCUT2D eigenvalue weighted by molar-refractivity contribution is 6.28. The van der Waals surface area contributed by atoms with Gasteiger partial charge < -0.3 is 19.3 Å². The average molecular weight is 314 g/mol. The number of halogens is 1. The van der Waals surface area contributed by atoms with Gasteiger partial charge in [0.15, 0.2) is 0 Å². The molecule has 2 aliphatic heterocycles. The molecule has 0 spiro atoms. The molecule has 0 aliphatic carbocycles. The maximum Gasteiger partial charge on any atom is 0.231 e. The summed E-state index contributed by atoms with van der Waals surface area (Å²) in [5, 5.41) is 0.229. The fourth-order valence-corrected chi connectivity index (χ4v) is 2.79. The first-order valence-corrected chi connectivity index (χ1v) is 7.63. The van der Waals surface area contributed by atoms with Gasteiger partial charge >= 0.3 is 0 Å². The van der Waals surface area contributed by atoms with Crippen molar-refractivity contribution in [2.45, 2.75) is 25.9 Å². The second kappa shape index (κ2) is 6.29. The molecule has 116 valence electrons. The number of hydrogen-bond donors (Lipinski definition) is 0. The number of morpholine rings is 2. The maximum absolute atomic E-state index is 6.11. The molecule has 0 aromatic carbocycles. The van der Waals surface area contributed by atoms with Crippen molar-refractivity contribution in [1.82, 2.24) is 15.0 Å². The van der Waals surface area contributed by atoms with Gasteiger partial charge in [-0.05, 0) is 25.4 Å². The van der Waals surface area contributed by atoms with E-state index in [1.165, 1.54) is 0 Å². The van der Waals surface area contributed by atoms with Crippen LogP contribution in [0.25, 0.3) is 0 Å². The van der Waals surface area contributed by atoms with Gasteiger partial charge in [-0.2, -0.15) is 15.0 Å². The zero-order valence-corrected chi connectivity index (χ0v) is 13.1. The lowest BCUT2D eigenvalue weighted by molar-refractivity contribution is 0.0969. The summed E-state index contributed by atoms with van der Waals surface area (Å²) >= 11 is 6.11. The Morgan fingerprint density at radius 3 is 1.81 bits per heavy atom. The molecule has 0 N–H and O–H groups in total. The Labute approximate surface area is 129 Å².